The molecule has 0 saturated carbocycles. The van der Waals surface area contributed by atoms with Crippen LogP contribution < -0.4 is 0 Å². The van der Waals surface area contributed by atoms with Crippen molar-refractivity contribution >= 4 is 12.1 Å². The van der Waals surface area contributed by atoms with Gasteiger partial charge in [-0.2, -0.15) is 0 Å². The molecule has 2 aliphatic rings. The molecule has 0 aromatic heterocycles. The summed E-state index contributed by atoms with van der Waals surface area (Å²) in [6.07, 6.45) is 3.47. The van der Waals surface area contributed by atoms with E-state index in [9.17, 15) is 9.59 Å². The molecule has 0 spiro atoms. The molecular formula is C14H24N4O2+2. The van der Waals surface area contributed by atoms with Crippen LogP contribution in [0.4, 0.5) is 9.59 Å². The molecule has 2 heterocycles. The molecule has 0 aliphatic carbocycles. The van der Waals surface area contributed by atoms with Gasteiger partial charge in [-0.05, 0) is 6.08 Å². The zero-order valence-electron chi connectivity index (χ0n) is 12.4. The number of nitrogens with zero attached hydrogens (tertiary/aromatic N) is 4. The number of hydrogen-bond donors (Lipinski definition) is 0. The van der Waals surface area contributed by atoms with Gasteiger partial charge in [0.15, 0.2) is 19.6 Å². The van der Waals surface area contributed by atoms with E-state index in [2.05, 4.69) is 13.2 Å². The monoisotopic (exact) mass is 280 g/mol. The highest BCUT2D eigenvalue weighted by Crippen LogP contribution is 2.32. The summed E-state index contributed by atoms with van der Waals surface area (Å²) in [5.41, 5.74) is 0. The molecule has 0 bridgehead atoms. The number of likely N-dealkylation sites (N-methyl/N-ethyl adjacent to an activating group) is 2. The van der Waals surface area contributed by atoms with E-state index in [1.807, 2.05) is 7.05 Å². The SMILES string of the molecule is C=CCN1CC[N+](CC=C)([N+]2(C)CCN(C)C2=O)C1=O. The predicted octanol–water partition coefficient (Wildman–Crippen LogP) is 1.04. The Hall–Kier alpha value is -1.66. The maximum absolute atomic E-state index is 12.9. The fourth-order valence-electron chi connectivity index (χ4n) is 3.30. The average molecular weight is 280 g/mol. The summed E-state index contributed by atoms with van der Waals surface area (Å²) in [5, 5.41) is 0. The Morgan fingerprint density at radius 3 is 2.35 bits per heavy atom. The Kier molecular flexibility index (Phi) is 3.71. The van der Waals surface area contributed by atoms with Crippen molar-refractivity contribution in [3.63, 3.8) is 0 Å². The van der Waals surface area contributed by atoms with Gasteiger partial charge in [-0.15, -0.1) is 6.58 Å². The van der Waals surface area contributed by atoms with Crippen molar-refractivity contribution in [2.24, 2.45) is 0 Å². The van der Waals surface area contributed by atoms with E-state index in [1.54, 1.807) is 29.0 Å². The van der Waals surface area contributed by atoms with E-state index >= 15 is 0 Å². The maximum atomic E-state index is 12.9. The molecule has 2 aliphatic heterocycles. The van der Waals surface area contributed by atoms with Crippen LogP contribution in [-0.4, -0.2) is 84.4 Å². The van der Waals surface area contributed by atoms with Crippen LogP contribution >= 0.6 is 0 Å². The summed E-state index contributed by atoms with van der Waals surface area (Å²) >= 11 is 0. The average Bonchev–Trinajstić information content (AvgIpc) is 2.87. The first-order chi connectivity index (χ1) is 9.43. The zero-order chi connectivity index (χ0) is 15.0. The summed E-state index contributed by atoms with van der Waals surface area (Å²) in [7, 11) is 3.66. The number of carbonyl (C=O) groups is 2. The third-order valence-corrected chi connectivity index (χ3v) is 4.60. The summed E-state index contributed by atoms with van der Waals surface area (Å²) in [5.74, 6) is 0. The largest absolute Gasteiger partial charge is 0.468 e. The minimum absolute atomic E-state index is 0.000605. The van der Waals surface area contributed by atoms with Gasteiger partial charge in [-0.3, -0.25) is 9.80 Å². The maximum Gasteiger partial charge on any atom is 0.468 e. The van der Waals surface area contributed by atoms with Crippen molar-refractivity contribution in [2.75, 3.05) is 53.4 Å². The van der Waals surface area contributed by atoms with Crippen LogP contribution in [0.1, 0.15) is 0 Å². The van der Waals surface area contributed by atoms with Gasteiger partial charge in [0.1, 0.15) is 7.05 Å². The third-order valence-electron chi connectivity index (χ3n) is 4.60. The molecule has 0 radical (unpaired) electrons. The van der Waals surface area contributed by atoms with Gasteiger partial charge >= 0.3 is 12.1 Å². The number of quaternary nitrogens is 2. The topological polar surface area (TPSA) is 40.6 Å². The molecule has 0 N–H and O–H groups in total. The molecule has 0 aromatic rings. The molecule has 2 rings (SSSR count). The van der Waals surface area contributed by atoms with E-state index in [-0.39, 0.29) is 21.2 Å². The Morgan fingerprint density at radius 2 is 1.85 bits per heavy atom. The first-order valence-electron chi connectivity index (χ1n) is 6.93. The summed E-state index contributed by atoms with van der Waals surface area (Å²) in [6.45, 7) is 11.1. The lowest BCUT2D eigenvalue weighted by molar-refractivity contribution is -1.41. The standard InChI is InChI=1S/C14H24N4O2/c1-5-7-16-9-12-18(10-6-2,14(16)20)17(4)11-8-15(3)13(17)19/h5-6H,1-2,7-12H2,3-4H3/q+2. The van der Waals surface area contributed by atoms with Gasteiger partial charge in [0, 0.05) is 13.6 Å². The number of rotatable bonds is 5. The smallest absolute Gasteiger partial charge is 0.285 e. The zero-order valence-corrected chi connectivity index (χ0v) is 12.4. The second-order valence-corrected chi connectivity index (χ2v) is 5.70. The molecule has 0 aromatic carbocycles. The van der Waals surface area contributed by atoms with Gasteiger partial charge < -0.3 is 0 Å². The molecule has 4 amide bonds. The second kappa shape index (κ2) is 5.03. The molecule has 2 atom stereocenters. The molecule has 2 unspecified atom stereocenters. The van der Waals surface area contributed by atoms with Gasteiger partial charge in [-0.1, -0.05) is 21.8 Å². The summed E-state index contributed by atoms with van der Waals surface area (Å²) < 4.78 is 0.218. The van der Waals surface area contributed by atoms with Crippen LogP contribution in [-0.2, 0) is 0 Å². The van der Waals surface area contributed by atoms with Crippen LogP contribution in [0.5, 0.6) is 0 Å². The van der Waals surface area contributed by atoms with Crippen LogP contribution in [0.25, 0.3) is 0 Å². The Bertz CT molecular complexity index is 464. The van der Waals surface area contributed by atoms with Gasteiger partial charge in [0.25, 0.3) is 0 Å². The van der Waals surface area contributed by atoms with E-state index in [1.165, 1.54) is 0 Å². The van der Waals surface area contributed by atoms with Crippen LogP contribution in [0.15, 0.2) is 25.3 Å². The minimum atomic E-state index is -0.00375. The lowest BCUT2D eigenvalue weighted by atomic mass is 10.4. The minimum Gasteiger partial charge on any atom is -0.285 e. The van der Waals surface area contributed by atoms with E-state index in [0.717, 1.165) is 0 Å². The van der Waals surface area contributed by atoms with Crippen LogP contribution in [0.3, 0.4) is 0 Å². The van der Waals surface area contributed by atoms with Crippen molar-refractivity contribution in [1.29, 1.82) is 0 Å². The van der Waals surface area contributed by atoms with Gasteiger partial charge in [0.05, 0.1) is 13.1 Å². The highest BCUT2D eigenvalue weighted by atomic mass is 16.2. The molecule has 6 nitrogen and oxygen atoms in total. The van der Waals surface area contributed by atoms with Crippen molar-refractivity contribution in [3.05, 3.63) is 25.3 Å². The van der Waals surface area contributed by atoms with E-state index in [0.29, 0.717) is 39.3 Å². The quantitative estimate of drug-likeness (QED) is 0.557. The van der Waals surface area contributed by atoms with Gasteiger partial charge in [-0.25, -0.2) is 9.59 Å². The van der Waals surface area contributed by atoms with Crippen molar-refractivity contribution < 1.29 is 18.8 Å². The lowest BCUT2D eigenvalue weighted by Gasteiger charge is -2.40. The third kappa shape index (κ3) is 1.79. The number of carbonyl (C=O) groups excluding carboxylic acids is 2. The van der Waals surface area contributed by atoms with Crippen LogP contribution in [0, 0.1) is 0 Å². The lowest BCUT2D eigenvalue weighted by Crippen LogP contribution is -2.73. The summed E-state index contributed by atoms with van der Waals surface area (Å²) in [4.78, 5) is 28.9. The first-order valence-corrected chi connectivity index (χ1v) is 6.93. The highest BCUT2D eigenvalue weighted by Gasteiger charge is 2.65. The molecule has 2 fully saturated rings. The van der Waals surface area contributed by atoms with Crippen molar-refractivity contribution in [3.8, 4) is 0 Å². The molecule has 2 saturated heterocycles. The van der Waals surface area contributed by atoms with E-state index < -0.39 is 0 Å². The normalized spacial score (nSPS) is 33.9. The fourth-order valence-corrected chi connectivity index (χ4v) is 3.30. The van der Waals surface area contributed by atoms with Gasteiger partial charge in [0.2, 0.25) is 0 Å². The fraction of sp³-hybridized carbons (Fsp3) is 0.571. The van der Waals surface area contributed by atoms with Crippen LogP contribution in [0.2, 0.25) is 0 Å². The molecule has 6 heteroatoms. The number of urea groups is 2. The first kappa shape index (κ1) is 14.7. The predicted molar refractivity (Wildman–Crippen MR) is 76.4 cm³/mol. The van der Waals surface area contributed by atoms with Crippen molar-refractivity contribution in [1.82, 2.24) is 9.80 Å². The molecule has 20 heavy (non-hydrogen) atoms. The number of amides is 4. The molecular weight excluding hydrogens is 256 g/mol. The number of hydrogen-bond acceptors (Lipinski definition) is 2. The molecule has 110 valence electrons. The Morgan fingerprint density at radius 1 is 1.15 bits per heavy atom. The highest BCUT2D eigenvalue weighted by molar-refractivity contribution is 5.72. The summed E-state index contributed by atoms with van der Waals surface area (Å²) in [6, 6.07) is -0.00315. The van der Waals surface area contributed by atoms with E-state index in [4.69, 9.17) is 0 Å². The van der Waals surface area contributed by atoms with Crippen molar-refractivity contribution in [2.45, 2.75) is 0 Å². The second-order valence-electron chi connectivity index (χ2n) is 5.70. The Labute approximate surface area is 120 Å². The Balaban J connectivity index is 2.41.